The van der Waals surface area contributed by atoms with Gasteiger partial charge in [-0.1, -0.05) is 54.6 Å². The molecule has 4 saturated carbocycles. The van der Waals surface area contributed by atoms with Crippen LogP contribution in [0.3, 0.4) is 0 Å². The number of hydrogen-bond acceptors (Lipinski definition) is 2. The zero-order valence-corrected chi connectivity index (χ0v) is 18.2. The minimum absolute atomic E-state index is 0.332. The molecule has 4 bridgehead atoms. The summed E-state index contributed by atoms with van der Waals surface area (Å²) in [6, 6.07) is 20.0. The second-order valence-corrected chi connectivity index (χ2v) is 11.0. The summed E-state index contributed by atoms with van der Waals surface area (Å²) < 4.78 is 2.56. The third kappa shape index (κ3) is 2.92. The molecule has 2 aromatic carbocycles. The summed E-state index contributed by atoms with van der Waals surface area (Å²) in [5, 5.41) is 9.59. The van der Waals surface area contributed by atoms with Crippen molar-refractivity contribution in [1.29, 1.82) is 0 Å². The Morgan fingerprint density at radius 1 is 0.742 bits per heavy atom. The fourth-order valence-electron chi connectivity index (χ4n) is 7.95. The number of fused-ring (bicyclic) bond motifs is 1. The summed E-state index contributed by atoms with van der Waals surface area (Å²) in [5.74, 6) is 6.01. The summed E-state index contributed by atoms with van der Waals surface area (Å²) in [7, 11) is 0. The van der Waals surface area contributed by atoms with E-state index in [1.54, 1.807) is 0 Å². The van der Waals surface area contributed by atoms with Gasteiger partial charge >= 0.3 is 0 Å². The fraction of sp³-hybridized carbons (Fsp3) is 0.500. The lowest BCUT2D eigenvalue weighted by molar-refractivity contribution is -0.0115. The molecule has 0 saturated heterocycles. The predicted molar refractivity (Wildman–Crippen MR) is 123 cm³/mol. The van der Waals surface area contributed by atoms with Crippen molar-refractivity contribution in [3.63, 3.8) is 0 Å². The molecule has 0 radical (unpaired) electrons. The first kappa shape index (κ1) is 18.2. The van der Waals surface area contributed by atoms with Gasteiger partial charge in [0.25, 0.3) is 0 Å². The molecule has 3 nitrogen and oxygen atoms in total. The van der Waals surface area contributed by atoms with Crippen LogP contribution in [0.4, 0.5) is 0 Å². The van der Waals surface area contributed by atoms with Crippen LogP contribution in [-0.2, 0) is 18.4 Å². The van der Waals surface area contributed by atoms with E-state index in [-0.39, 0.29) is 0 Å². The van der Waals surface area contributed by atoms with Crippen LogP contribution in [0.1, 0.15) is 68.1 Å². The van der Waals surface area contributed by atoms with E-state index in [9.17, 15) is 0 Å². The molecule has 1 unspecified atom stereocenters. The molecular formula is C28H31N3. The standard InChI is InChI=1S/C28H31N3/c1-2-4-22(5-3-1)23-6-8-24(9-7-23)25-10-11-26-29-30-27(31(26)18-25)28-15-19-12-20(16-28)14-21(13-19)17-28/h1-9,19-21,25H,10-18H2. The number of hydrogen-bond donors (Lipinski definition) is 0. The minimum Gasteiger partial charge on any atom is -0.314 e. The highest BCUT2D eigenvalue weighted by molar-refractivity contribution is 5.63. The SMILES string of the molecule is c1ccc(-c2ccc(C3CCc4nnc(C56CC7CC(CC(C7)C5)C6)n4C3)cc2)cc1. The van der Waals surface area contributed by atoms with Gasteiger partial charge in [0.1, 0.15) is 11.6 Å². The van der Waals surface area contributed by atoms with Crippen molar-refractivity contribution in [3.8, 4) is 11.1 Å². The smallest absolute Gasteiger partial charge is 0.139 e. The van der Waals surface area contributed by atoms with Crippen LogP contribution in [0, 0.1) is 17.8 Å². The molecule has 5 aliphatic rings. The summed E-state index contributed by atoms with van der Waals surface area (Å²) in [5.41, 5.74) is 4.40. The third-order valence-corrected chi connectivity index (χ3v) is 8.95. The van der Waals surface area contributed by atoms with Crippen molar-refractivity contribution in [3.05, 3.63) is 71.8 Å². The van der Waals surface area contributed by atoms with Crippen molar-refractivity contribution < 1.29 is 0 Å². The first-order valence-electron chi connectivity index (χ1n) is 12.3. The largest absolute Gasteiger partial charge is 0.314 e. The van der Waals surface area contributed by atoms with Crippen molar-refractivity contribution in [2.75, 3.05) is 0 Å². The van der Waals surface area contributed by atoms with E-state index in [1.807, 2.05) is 0 Å². The normalized spacial score (nSPS) is 33.4. The van der Waals surface area contributed by atoms with Crippen molar-refractivity contribution >= 4 is 0 Å². The molecule has 4 fully saturated rings. The maximum Gasteiger partial charge on any atom is 0.139 e. The third-order valence-electron chi connectivity index (χ3n) is 8.95. The van der Waals surface area contributed by atoms with E-state index in [1.165, 1.54) is 73.3 Å². The van der Waals surface area contributed by atoms with Crippen LogP contribution in [0.25, 0.3) is 11.1 Å². The van der Waals surface area contributed by atoms with Gasteiger partial charge in [0, 0.05) is 24.3 Å². The van der Waals surface area contributed by atoms with Gasteiger partial charge in [0.05, 0.1) is 0 Å². The van der Waals surface area contributed by atoms with Gasteiger partial charge < -0.3 is 4.57 Å². The van der Waals surface area contributed by atoms with E-state index < -0.39 is 0 Å². The molecule has 3 heteroatoms. The Bertz CT molecular complexity index is 1060. The van der Waals surface area contributed by atoms with Gasteiger partial charge in [0.15, 0.2) is 0 Å². The number of nitrogens with zero attached hydrogens (tertiary/aromatic N) is 3. The molecule has 3 aromatic rings. The van der Waals surface area contributed by atoms with Crippen molar-refractivity contribution in [2.45, 2.75) is 69.2 Å². The molecule has 1 aromatic heterocycles. The van der Waals surface area contributed by atoms with Crippen LogP contribution in [-0.4, -0.2) is 14.8 Å². The number of benzene rings is 2. The molecule has 0 spiro atoms. The van der Waals surface area contributed by atoms with Crippen molar-refractivity contribution in [2.24, 2.45) is 17.8 Å². The summed E-state index contributed by atoms with van der Waals surface area (Å²) in [4.78, 5) is 0. The Morgan fingerprint density at radius 2 is 1.39 bits per heavy atom. The Labute approximate surface area is 184 Å². The molecule has 2 heterocycles. The maximum atomic E-state index is 4.88. The molecule has 1 aliphatic heterocycles. The van der Waals surface area contributed by atoms with Crippen LogP contribution in [0.5, 0.6) is 0 Å². The van der Waals surface area contributed by atoms with E-state index in [0.717, 1.165) is 30.7 Å². The first-order valence-corrected chi connectivity index (χ1v) is 12.3. The highest BCUT2D eigenvalue weighted by Crippen LogP contribution is 2.60. The van der Waals surface area contributed by atoms with Gasteiger partial charge in [-0.2, -0.15) is 0 Å². The molecule has 158 valence electrons. The number of aryl methyl sites for hydroxylation is 1. The van der Waals surface area contributed by atoms with E-state index in [2.05, 4.69) is 59.2 Å². The topological polar surface area (TPSA) is 30.7 Å². The lowest BCUT2D eigenvalue weighted by Crippen LogP contribution is -2.50. The molecule has 0 amide bonds. The van der Waals surface area contributed by atoms with E-state index in [0.29, 0.717) is 11.3 Å². The average molecular weight is 410 g/mol. The highest BCUT2D eigenvalue weighted by atomic mass is 15.3. The maximum absolute atomic E-state index is 4.88. The molecule has 0 N–H and O–H groups in total. The molecule has 31 heavy (non-hydrogen) atoms. The Balaban J connectivity index is 1.18. The number of rotatable bonds is 3. The monoisotopic (exact) mass is 409 g/mol. The zero-order valence-electron chi connectivity index (χ0n) is 18.2. The number of aromatic nitrogens is 3. The molecule has 8 rings (SSSR count). The van der Waals surface area contributed by atoms with Crippen LogP contribution in [0.2, 0.25) is 0 Å². The van der Waals surface area contributed by atoms with Gasteiger partial charge in [-0.05, 0) is 79.4 Å². The van der Waals surface area contributed by atoms with E-state index in [4.69, 9.17) is 10.2 Å². The van der Waals surface area contributed by atoms with Crippen LogP contribution >= 0.6 is 0 Å². The van der Waals surface area contributed by atoms with Crippen molar-refractivity contribution in [1.82, 2.24) is 14.8 Å². The summed E-state index contributed by atoms with van der Waals surface area (Å²) >= 11 is 0. The Morgan fingerprint density at radius 3 is 2.06 bits per heavy atom. The minimum atomic E-state index is 0.332. The highest BCUT2D eigenvalue weighted by Gasteiger charge is 2.54. The lowest BCUT2D eigenvalue weighted by Gasteiger charge is -2.56. The average Bonchev–Trinajstić information content (AvgIpc) is 3.23. The van der Waals surface area contributed by atoms with Gasteiger partial charge in [0.2, 0.25) is 0 Å². The van der Waals surface area contributed by atoms with E-state index >= 15 is 0 Å². The molecular weight excluding hydrogens is 378 g/mol. The summed E-state index contributed by atoms with van der Waals surface area (Å²) in [6.45, 7) is 1.06. The first-order chi connectivity index (χ1) is 15.3. The second-order valence-electron chi connectivity index (χ2n) is 11.0. The van der Waals surface area contributed by atoms with Crippen LogP contribution in [0.15, 0.2) is 54.6 Å². The molecule has 4 aliphatic carbocycles. The zero-order chi connectivity index (χ0) is 20.4. The van der Waals surface area contributed by atoms with Crippen LogP contribution < -0.4 is 0 Å². The predicted octanol–water partition coefficient (Wildman–Crippen LogP) is 6.14. The Hall–Kier alpha value is -2.42. The molecule has 1 atom stereocenters. The second kappa shape index (κ2) is 6.79. The van der Waals surface area contributed by atoms with Gasteiger partial charge in [-0.3, -0.25) is 0 Å². The van der Waals surface area contributed by atoms with Gasteiger partial charge in [-0.15, -0.1) is 10.2 Å². The fourth-order valence-corrected chi connectivity index (χ4v) is 7.95. The van der Waals surface area contributed by atoms with Gasteiger partial charge in [-0.25, -0.2) is 0 Å². The summed E-state index contributed by atoms with van der Waals surface area (Å²) in [6.07, 6.45) is 10.8. The lowest BCUT2D eigenvalue weighted by atomic mass is 9.49. The Kier molecular flexibility index (Phi) is 3.98. The quantitative estimate of drug-likeness (QED) is 0.520.